The summed E-state index contributed by atoms with van der Waals surface area (Å²) in [5.74, 6) is -2.34. The van der Waals surface area contributed by atoms with Crippen molar-refractivity contribution >= 4 is 39.5 Å². The van der Waals surface area contributed by atoms with E-state index in [2.05, 4.69) is 216 Å². The maximum atomic E-state index is 13.1. The number of aliphatic hydroxyl groups is 1. The third kappa shape index (κ3) is 81.6. The van der Waals surface area contributed by atoms with Gasteiger partial charge in [-0.05, 0) is 173 Å². The summed E-state index contributed by atoms with van der Waals surface area (Å²) in [7, 11) is -10.0. The Hall–Kier alpha value is -6.36. The van der Waals surface area contributed by atoms with Crippen LogP contribution in [0.2, 0.25) is 0 Å². The molecule has 0 bridgehead atoms. The molecule has 0 spiro atoms. The number of ether oxygens (including phenoxy) is 4. The molecule has 0 aromatic carbocycles. The van der Waals surface area contributed by atoms with Gasteiger partial charge in [0.2, 0.25) is 0 Å². The van der Waals surface area contributed by atoms with Gasteiger partial charge in [-0.1, -0.05) is 305 Å². The van der Waals surface area contributed by atoms with Gasteiger partial charge in [0.25, 0.3) is 0 Å². The zero-order valence-corrected chi connectivity index (χ0v) is 71.0. The molecule has 0 aliphatic heterocycles. The van der Waals surface area contributed by atoms with Gasteiger partial charge in [-0.25, -0.2) is 9.13 Å². The van der Waals surface area contributed by atoms with E-state index in [1.807, 2.05) is 18.2 Å². The zero-order valence-electron chi connectivity index (χ0n) is 69.3. The number of unbranched alkanes of at least 4 members (excludes halogenated alkanes) is 17. The Bertz CT molecular complexity index is 2940. The van der Waals surface area contributed by atoms with Gasteiger partial charge in [-0.15, -0.1) is 0 Å². The average Bonchev–Trinajstić information content (AvgIpc) is 0.898. The van der Waals surface area contributed by atoms with Gasteiger partial charge >= 0.3 is 39.5 Å². The average molecular weight is 1600 g/mol. The van der Waals surface area contributed by atoms with E-state index in [4.69, 9.17) is 37.0 Å². The lowest BCUT2D eigenvalue weighted by molar-refractivity contribution is -0.161. The van der Waals surface area contributed by atoms with Crippen molar-refractivity contribution in [3.8, 4) is 0 Å². The number of aliphatic hydroxyl groups excluding tert-OH is 1. The molecule has 19 heteroatoms. The van der Waals surface area contributed by atoms with Crippen LogP contribution in [-0.4, -0.2) is 96.7 Å². The van der Waals surface area contributed by atoms with Crippen LogP contribution in [0.1, 0.15) is 297 Å². The van der Waals surface area contributed by atoms with Crippen LogP contribution >= 0.6 is 15.6 Å². The van der Waals surface area contributed by atoms with Crippen molar-refractivity contribution in [1.82, 2.24) is 0 Å². The van der Waals surface area contributed by atoms with E-state index in [1.54, 1.807) is 0 Å². The van der Waals surface area contributed by atoms with Gasteiger partial charge in [0.1, 0.15) is 19.3 Å². The Balaban J connectivity index is 5.52. The monoisotopic (exact) mass is 1600 g/mol. The molecule has 112 heavy (non-hydrogen) atoms. The Morgan fingerprint density at radius 1 is 0.250 bits per heavy atom. The zero-order chi connectivity index (χ0) is 81.7. The van der Waals surface area contributed by atoms with Crippen LogP contribution in [0.25, 0.3) is 0 Å². The molecule has 632 valence electrons. The van der Waals surface area contributed by atoms with E-state index in [9.17, 15) is 43.2 Å². The lowest BCUT2D eigenvalue weighted by atomic mass is 10.1. The minimum absolute atomic E-state index is 0.0241. The summed E-state index contributed by atoms with van der Waals surface area (Å²) in [6.45, 7) is 4.28. The van der Waals surface area contributed by atoms with Crippen molar-refractivity contribution in [3.05, 3.63) is 207 Å². The first-order valence-electron chi connectivity index (χ1n) is 42.3. The summed E-state index contributed by atoms with van der Waals surface area (Å²) in [6.07, 6.45) is 104. The molecule has 5 unspecified atom stereocenters. The number of esters is 4. The fraction of sp³-hybridized carbons (Fsp3) is 0.591. The van der Waals surface area contributed by atoms with Crippen molar-refractivity contribution < 1.29 is 80.2 Å². The molecule has 17 nitrogen and oxygen atoms in total. The number of carbonyl (C=O) groups is 4. The van der Waals surface area contributed by atoms with Gasteiger partial charge in [0.05, 0.1) is 26.4 Å². The molecule has 0 aromatic heterocycles. The van der Waals surface area contributed by atoms with Crippen molar-refractivity contribution in [2.75, 3.05) is 39.6 Å². The second-order valence-corrected chi connectivity index (χ2v) is 30.1. The fourth-order valence-corrected chi connectivity index (χ4v) is 12.1. The molecule has 0 radical (unpaired) electrons. The molecule has 0 aromatic rings. The standard InChI is InChI=1S/C93H148O17P2/c1-5-9-13-17-21-25-29-33-37-41-43-47-50-54-58-62-66-70-74-78-91(96)104-84-89(110-93(98)80-76-72-68-64-60-56-52-48-44-42-38-34-30-26-22-18-14-10-6-2)86-108-112(101,102)106-82-87(94)81-105-111(99,100)107-85-88(109-92(97)79-75-71-67-63-59-55-51-46-40-36-32-28-24-20-16-12-8-4)83-103-90(95)77-73-69-65-61-57-53-49-45-39-35-31-27-23-19-15-11-7-3/h9-16,21-28,33-40,43-44,47-49,53-54,58,66,70,87-89,94H,5-8,17-20,29-32,41-42,45-46,50-52,55-57,59-65,67-69,71-86H2,1-4H3,(H,99,100)(H,101,102)/b13-9-,14-10-,15-11-,16-12-,25-21-,26-22-,27-23-,28-24-,37-33-,38-34-,39-35-,40-36-,47-43-,48-44-,53-49-,58-54-,70-66-. The lowest BCUT2D eigenvalue weighted by Crippen LogP contribution is -2.30. The number of phosphoric acid groups is 2. The van der Waals surface area contributed by atoms with Crippen LogP contribution in [0.4, 0.5) is 0 Å². The largest absolute Gasteiger partial charge is 0.472 e. The van der Waals surface area contributed by atoms with E-state index < -0.39 is 97.5 Å². The van der Waals surface area contributed by atoms with Crippen molar-refractivity contribution in [1.29, 1.82) is 0 Å². The molecule has 0 aliphatic rings. The highest BCUT2D eigenvalue weighted by Crippen LogP contribution is 2.45. The van der Waals surface area contributed by atoms with Gasteiger partial charge in [0, 0.05) is 25.7 Å². The SMILES string of the molecule is CC/C=C\C/C=C\C/C=C\C/C=C\C/C=C\C/C=C\CCC(=O)OCC(COP(=O)(O)OCC(O)COP(=O)(O)OCC(COC(=O)CCCCCC/C=C\C/C=C\C/C=C\C/C=C\CC)OC(=O)CCCCCCCCC/C=C\C/C=C\C/C=C\CC)OC(=O)CCCCCCCC/C=C\C/C=C\C/C=C\C/C=C\CC. The number of hydrogen-bond acceptors (Lipinski definition) is 15. The molecule has 3 N–H and O–H groups in total. The Morgan fingerprint density at radius 3 is 0.723 bits per heavy atom. The highest BCUT2D eigenvalue weighted by atomic mass is 31.2. The molecular formula is C93H148O17P2. The van der Waals surface area contributed by atoms with E-state index >= 15 is 0 Å². The number of phosphoric ester groups is 2. The van der Waals surface area contributed by atoms with E-state index in [-0.39, 0.29) is 25.7 Å². The maximum Gasteiger partial charge on any atom is 0.472 e. The topological polar surface area (TPSA) is 237 Å². The molecule has 0 heterocycles. The van der Waals surface area contributed by atoms with Crippen LogP contribution in [0.3, 0.4) is 0 Å². The highest BCUT2D eigenvalue weighted by molar-refractivity contribution is 7.47. The Labute approximate surface area is 678 Å². The van der Waals surface area contributed by atoms with Crippen LogP contribution in [0, 0.1) is 0 Å². The summed E-state index contributed by atoms with van der Waals surface area (Å²) in [5.41, 5.74) is 0. The van der Waals surface area contributed by atoms with Gasteiger partial charge in [-0.3, -0.25) is 37.3 Å². The second-order valence-electron chi connectivity index (χ2n) is 27.2. The third-order valence-electron chi connectivity index (χ3n) is 16.7. The summed E-state index contributed by atoms with van der Waals surface area (Å²) >= 11 is 0. The van der Waals surface area contributed by atoms with Gasteiger partial charge in [-0.2, -0.15) is 0 Å². The fourth-order valence-electron chi connectivity index (χ4n) is 10.5. The smallest absolute Gasteiger partial charge is 0.462 e. The van der Waals surface area contributed by atoms with Gasteiger partial charge < -0.3 is 33.8 Å². The number of rotatable bonds is 77. The van der Waals surface area contributed by atoms with Crippen LogP contribution < -0.4 is 0 Å². The molecule has 0 saturated carbocycles. The van der Waals surface area contributed by atoms with Crippen molar-refractivity contribution in [3.63, 3.8) is 0 Å². The maximum absolute atomic E-state index is 13.1. The Morgan fingerprint density at radius 2 is 0.455 bits per heavy atom. The van der Waals surface area contributed by atoms with Crippen LogP contribution in [0.15, 0.2) is 207 Å². The second kappa shape index (κ2) is 82.6. The molecule has 0 aliphatic carbocycles. The lowest BCUT2D eigenvalue weighted by Gasteiger charge is -2.21. The van der Waals surface area contributed by atoms with E-state index in [1.165, 1.54) is 0 Å². The van der Waals surface area contributed by atoms with Gasteiger partial charge in [0.15, 0.2) is 12.2 Å². The number of carbonyl (C=O) groups excluding carboxylic acids is 4. The first kappa shape index (κ1) is 106. The minimum atomic E-state index is -5.02. The molecule has 0 rings (SSSR count). The Kier molecular flexibility index (Phi) is 77.9. The van der Waals surface area contributed by atoms with Crippen molar-refractivity contribution in [2.45, 2.75) is 316 Å². The van der Waals surface area contributed by atoms with Crippen molar-refractivity contribution in [2.24, 2.45) is 0 Å². The third-order valence-corrected chi connectivity index (χ3v) is 18.6. The molecular weight excluding hydrogens is 1450 g/mol. The first-order valence-corrected chi connectivity index (χ1v) is 45.3. The predicted octanol–water partition coefficient (Wildman–Crippen LogP) is 25.4. The van der Waals surface area contributed by atoms with E-state index in [0.29, 0.717) is 32.1 Å². The number of hydrogen-bond donors (Lipinski definition) is 3. The van der Waals surface area contributed by atoms with Crippen LogP contribution in [0.5, 0.6) is 0 Å². The quantitative estimate of drug-likeness (QED) is 0.0169. The minimum Gasteiger partial charge on any atom is -0.462 e. The summed E-state index contributed by atoms with van der Waals surface area (Å²) in [6, 6.07) is 0. The summed E-state index contributed by atoms with van der Waals surface area (Å²) in [4.78, 5) is 73.3. The molecule has 0 fully saturated rings. The summed E-state index contributed by atoms with van der Waals surface area (Å²) in [5, 5.41) is 10.7. The molecule has 5 atom stereocenters. The predicted molar refractivity (Wildman–Crippen MR) is 463 cm³/mol. The molecule has 0 saturated heterocycles. The highest BCUT2D eigenvalue weighted by Gasteiger charge is 2.30. The normalized spacial score (nSPS) is 14.8. The number of allylic oxidation sites excluding steroid dienone is 34. The molecule has 0 amide bonds. The van der Waals surface area contributed by atoms with Crippen LogP contribution in [-0.2, 0) is 65.4 Å². The van der Waals surface area contributed by atoms with E-state index in [0.717, 1.165) is 212 Å². The summed E-state index contributed by atoms with van der Waals surface area (Å²) < 4.78 is 68.7. The first-order chi connectivity index (χ1) is 54.7.